The maximum absolute atomic E-state index is 15.2. The lowest BCUT2D eigenvalue weighted by molar-refractivity contribution is -0.146. The third kappa shape index (κ3) is 4.84. The lowest BCUT2D eigenvalue weighted by Gasteiger charge is -2.50. The number of allylic oxidation sites excluding steroid dienone is 3. The van der Waals surface area contributed by atoms with Gasteiger partial charge in [-0.1, -0.05) is 59.7 Å². The van der Waals surface area contributed by atoms with Gasteiger partial charge in [-0.3, -0.25) is 29.5 Å². The van der Waals surface area contributed by atoms with E-state index in [1.807, 2.05) is 26.8 Å². The molecule has 10 heteroatoms. The Morgan fingerprint density at radius 1 is 0.980 bits per heavy atom. The highest BCUT2D eigenvalue weighted by Crippen LogP contribution is 2.65. The molecule has 2 aliphatic carbocycles. The van der Waals surface area contributed by atoms with Gasteiger partial charge < -0.3 is 5.11 Å². The van der Waals surface area contributed by atoms with Gasteiger partial charge in [0.25, 0.3) is 11.8 Å². The van der Waals surface area contributed by atoms with Crippen molar-refractivity contribution in [3.05, 3.63) is 119 Å². The number of hydrogen-bond donors (Lipinski definition) is 2. The lowest BCUT2D eigenvalue weighted by atomic mass is 9.49. The summed E-state index contributed by atoms with van der Waals surface area (Å²) in [5, 5.41) is 13.3. The molecule has 6 atom stereocenters. The molecule has 49 heavy (non-hydrogen) atoms. The average molecular weight is 682 g/mol. The molecule has 2 N–H and O–H groups in total. The predicted octanol–water partition coefficient (Wildman–Crippen LogP) is 6.70. The summed E-state index contributed by atoms with van der Waals surface area (Å²) in [6, 6.07) is 17.5. The number of benzene rings is 3. The summed E-state index contributed by atoms with van der Waals surface area (Å²) in [5.41, 5.74) is 3.22. The molecule has 4 amide bonds. The van der Waals surface area contributed by atoms with Crippen LogP contribution in [0.4, 0.5) is 10.1 Å². The maximum Gasteiger partial charge on any atom is 0.260 e. The largest absolute Gasteiger partial charge is 0.507 e. The Hall–Kier alpha value is -4.76. The van der Waals surface area contributed by atoms with Crippen LogP contribution in [0.1, 0.15) is 56.2 Å². The molecule has 7 rings (SSSR count). The van der Waals surface area contributed by atoms with Gasteiger partial charge in [-0.15, -0.1) is 6.58 Å². The van der Waals surface area contributed by atoms with E-state index in [0.717, 1.165) is 10.6 Å². The van der Waals surface area contributed by atoms with Gasteiger partial charge in [-0.2, -0.15) is 5.01 Å². The van der Waals surface area contributed by atoms with Crippen LogP contribution >= 0.6 is 11.6 Å². The normalized spacial score (nSPS) is 27.9. The number of aromatic hydroxyl groups is 1. The number of phenols is 1. The van der Waals surface area contributed by atoms with E-state index in [4.69, 9.17) is 11.6 Å². The summed E-state index contributed by atoms with van der Waals surface area (Å²) < 4.78 is 13.8. The highest BCUT2D eigenvalue weighted by molar-refractivity contribution is 6.30. The number of hydrazine groups is 1. The van der Waals surface area contributed by atoms with Gasteiger partial charge in [0.1, 0.15) is 11.6 Å². The number of halogens is 2. The molecule has 3 aromatic carbocycles. The first-order valence-corrected chi connectivity index (χ1v) is 16.8. The number of imide groups is 2. The summed E-state index contributed by atoms with van der Waals surface area (Å²) >= 11 is 6.35. The zero-order valence-corrected chi connectivity index (χ0v) is 28.2. The number of nitrogens with one attached hydrogen (secondary N) is 1. The molecule has 0 radical (unpaired) electrons. The van der Waals surface area contributed by atoms with Crippen molar-refractivity contribution in [2.45, 2.75) is 56.9 Å². The number of nitrogens with zero attached hydrogens (tertiary/aromatic N) is 2. The predicted molar refractivity (Wildman–Crippen MR) is 183 cm³/mol. The molecular formula is C39H37ClFN3O5. The molecule has 0 unspecified atom stereocenters. The number of anilines is 1. The number of carbonyl (C=O) groups excluding carboxylic acids is 4. The quantitative estimate of drug-likeness (QED) is 0.222. The SMILES string of the molecule is C=CCc1cccc([C@H]2C3=CC[C@@H]4C(=O)N(C(C)(C)C)C(=O)[C@@H]4[C@@H]3C[C@H]3C(=O)N(Nc4ccc(F)cc4)C(=O)[C@@]23c2ccc(Cl)cc2)c1O. The second-order valence-corrected chi connectivity index (χ2v) is 14.8. The van der Waals surface area contributed by atoms with Crippen molar-refractivity contribution in [2.24, 2.45) is 23.7 Å². The molecule has 3 aromatic rings. The van der Waals surface area contributed by atoms with Gasteiger partial charge in [0, 0.05) is 22.0 Å². The molecule has 0 aromatic heterocycles. The van der Waals surface area contributed by atoms with Gasteiger partial charge >= 0.3 is 0 Å². The van der Waals surface area contributed by atoms with E-state index < -0.39 is 58.2 Å². The Kier molecular flexibility index (Phi) is 7.82. The second-order valence-electron chi connectivity index (χ2n) is 14.4. The molecular weight excluding hydrogens is 645 g/mol. The number of fused-ring (bicyclic) bond motifs is 4. The Morgan fingerprint density at radius 2 is 1.67 bits per heavy atom. The molecule has 1 saturated carbocycles. The van der Waals surface area contributed by atoms with Gasteiger partial charge in [0.05, 0.1) is 28.9 Å². The number of para-hydroxylation sites is 1. The van der Waals surface area contributed by atoms with Crippen LogP contribution in [0.5, 0.6) is 5.75 Å². The Morgan fingerprint density at radius 3 is 2.33 bits per heavy atom. The standard InChI is InChI=1S/C39H37ClFN3O5/c1-5-7-21-8-6-9-28(33(21)45)32-26-18-19-27-31(36(48)43(34(27)46)38(2,3)4)29(26)20-30-35(47)44(42-25-16-14-24(41)15-17-25)37(49)39(30,32)22-10-12-23(40)13-11-22/h5-6,8-18,27,29-32,42,45H,1,7,19-20H2,2-4H3/t27-,29+,30-,31-,32+,39+/m0/s1. The van der Waals surface area contributed by atoms with Crippen LogP contribution in [0.15, 0.2) is 91.0 Å². The van der Waals surface area contributed by atoms with Crippen LogP contribution in [-0.2, 0) is 31.0 Å². The molecule has 3 fully saturated rings. The van der Waals surface area contributed by atoms with Gasteiger partial charge in [0.15, 0.2) is 0 Å². The Bertz CT molecular complexity index is 1930. The van der Waals surface area contributed by atoms with E-state index in [2.05, 4.69) is 12.0 Å². The van der Waals surface area contributed by atoms with Crippen molar-refractivity contribution in [2.75, 3.05) is 5.43 Å². The fourth-order valence-electron chi connectivity index (χ4n) is 8.83. The zero-order valence-electron chi connectivity index (χ0n) is 27.5. The topological polar surface area (TPSA) is 107 Å². The summed E-state index contributed by atoms with van der Waals surface area (Å²) in [7, 11) is 0. The molecule has 0 spiro atoms. The number of likely N-dealkylation sites (tertiary alicyclic amines) is 1. The van der Waals surface area contributed by atoms with E-state index in [9.17, 15) is 23.9 Å². The summed E-state index contributed by atoms with van der Waals surface area (Å²) in [4.78, 5) is 59.3. The number of hydrogen-bond acceptors (Lipinski definition) is 6. The van der Waals surface area contributed by atoms with Crippen molar-refractivity contribution in [3.63, 3.8) is 0 Å². The number of phenolic OH excluding ortho intramolecular Hbond substituents is 1. The molecule has 2 heterocycles. The van der Waals surface area contributed by atoms with Crippen LogP contribution in [-0.4, -0.2) is 44.2 Å². The zero-order chi connectivity index (χ0) is 35.0. The number of carbonyl (C=O) groups is 4. The molecule has 252 valence electrons. The molecule has 2 aliphatic heterocycles. The monoisotopic (exact) mass is 681 g/mol. The van der Waals surface area contributed by atoms with Crippen molar-refractivity contribution >= 4 is 40.9 Å². The molecule has 0 bridgehead atoms. The number of amides is 4. The summed E-state index contributed by atoms with van der Waals surface area (Å²) in [6.45, 7) is 9.31. The van der Waals surface area contributed by atoms with Crippen LogP contribution in [0.25, 0.3) is 0 Å². The Balaban J connectivity index is 1.48. The van der Waals surface area contributed by atoms with Crippen molar-refractivity contribution < 1.29 is 28.7 Å². The maximum atomic E-state index is 15.2. The smallest absolute Gasteiger partial charge is 0.260 e. The fourth-order valence-corrected chi connectivity index (χ4v) is 8.95. The fraction of sp³-hybridized carbons (Fsp3) is 0.333. The van der Waals surface area contributed by atoms with E-state index in [1.165, 1.54) is 29.2 Å². The highest BCUT2D eigenvalue weighted by atomic mass is 35.5. The van der Waals surface area contributed by atoms with Crippen LogP contribution in [0.3, 0.4) is 0 Å². The first-order valence-electron chi connectivity index (χ1n) is 16.5. The van der Waals surface area contributed by atoms with Crippen molar-refractivity contribution in [1.82, 2.24) is 9.91 Å². The third-order valence-electron chi connectivity index (χ3n) is 10.8. The van der Waals surface area contributed by atoms with Crippen molar-refractivity contribution in [3.8, 4) is 5.75 Å². The van der Waals surface area contributed by atoms with E-state index in [-0.39, 0.29) is 30.4 Å². The first kappa shape index (κ1) is 32.8. The highest BCUT2D eigenvalue weighted by Gasteiger charge is 2.71. The van der Waals surface area contributed by atoms with Crippen molar-refractivity contribution in [1.29, 1.82) is 0 Å². The molecule has 4 aliphatic rings. The first-order chi connectivity index (χ1) is 23.3. The summed E-state index contributed by atoms with van der Waals surface area (Å²) in [5.74, 6) is -5.94. The van der Waals surface area contributed by atoms with Gasteiger partial charge in [-0.05, 0) is 93.5 Å². The average Bonchev–Trinajstić information content (AvgIpc) is 3.45. The van der Waals surface area contributed by atoms with Gasteiger partial charge in [0.2, 0.25) is 11.8 Å². The van der Waals surface area contributed by atoms with Crippen LogP contribution in [0.2, 0.25) is 5.02 Å². The molecule has 2 saturated heterocycles. The van der Waals surface area contributed by atoms with Crippen LogP contribution in [0, 0.1) is 29.5 Å². The lowest BCUT2D eigenvalue weighted by Crippen LogP contribution is -2.53. The van der Waals surface area contributed by atoms with Gasteiger partial charge in [-0.25, -0.2) is 4.39 Å². The minimum absolute atomic E-state index is 0.0292. The minimum atomic E-state index is -1.58. The third-order valence-corrected chi connectivity index (χ3v) is 11.0. The number of rotatable bonds is 6. The van der Waals surface area contributed by atoms with E-state index in [1.54, 1.807) is 48.5 Å². The summed E-state index contributed by atoms with van der Waals surface area (Å²) in [6.07, 6.45) is 4.37. The molecule has 8 nitrogen and oxygen atoms in total. The van der Waals surface area contributed by atoms with E-state index >= 15 is 4.79 Å². The van der Waals surface area contributed by atoms with Crippen LogP contribution < -0.4 is 5.43 Å². The second kappa shape index (κ2) is 11.7. The minimum Gasteiger partial charge on any atom is -0.507 e. The van der Waals surface area contributed by atoms with E-state index in [0.29, 0.717) is 33.8 Å². The Labute approximate surface area is 289 Å².